The smallest absolute Gasteiger partial charge is 0.269 e. The van der Waals surface area contributed by atoms with Crippen LogP contribution >= 0.6 is 11.3 Å². The Morgan fingerprint density at radius 1 is 1.09 bits per heavy atom. The van der Waals surface area contributed by atoms with Crippen molar-refractivity contribution in [1.29, 1.82) is 0 Å². The third-order valence-electron chi connectivity index (χ3n) is 4.33. The molecule has 0 atom stereocenters. The fourth-order valence-electron chi connectivity index (χ4n) is 3.22. The molecule has 0 bridgehead atoms. The second kappa shape index (κ2) is 4.70. The second-order valence-electron chi connectivity index (χ2n) is 5.75. The molecule has 3 heterocycles. The summed E-state index contributed by atoms with van der Waals surface area (Å²) in [5.74, 6) is -0.579. The molecule has 114 valence electrons. The number of fused-ring (bicyclic) bond motifs is 3. The largest absolute Gasteiger partial charge is 0.295 e. The average Bonchev–Trinajstić information content (AvgIpc) is 2.97. The van der Waals surface area contributed by atoms with Crippen molar-refractivity contribution in [2.45, 2.75) is 45.1 Å². The molecule has 8 heteroatoms. The summed E-state index contributed by atoms with van der Waals surface area (Å²) < 4.78 is 1.35. The van der Waals surface area contributed by atoms with E-state index in [1.165, 1.54) is 9.42 Å². The molecular formula is C14H14N4O3S. The van der Waals surface area contributed by atoms with E-state index in [1.807, 2.05) is 0 Å². The molecule has 0 spiro atoms. The first-order valence-corrected chi connectivity index (χ1v) is 8.18. The van der Waals surface area contributed by atoms with Crippen molar-refractivity contribution in [3.8, 4) is 0 Å². The SMILES string of the molecule is Cc1nn2c3c(sc2nc1=O)C(=O)N(C1CCCCC1)C3=O. The third-order valence-corrected chi connectivity index (χ3v) is 5.35. The van der Waals surface area contributed by atoms with Gasteiger partial charge in [-0.25, -0.2) is 0 Å². The maximum atomic E-state index is 12.7. The molecule has 0 aromatic carbocycles. The van der Waals surface area contributed by atoms with Crippen LogP contribution in [0.3, 0.4) is 0 Å². The first-order chi connectivity index (χ1) is 10.6. The van der Waals surface area contributed by atoms with Crippen molar-refractivity contribution < 1.29 is 9.59 Å². The quantitative estimate of drug-likeness (QED) is 0.742. The van der Waals surface area contributed by atoms with Crippen LogP contribution in [-0.4, -0.2) is 37.4 Å². The first kappa shape index (κ1) is 13.6. The van der Waals surface area contributed by atoms with Crippen LogP contribution in [0, 0.1) is 6.92 Å². The van der Waals surface area contributed by atoms with Crippen molar-refractivity contribution in [3.05, 3.63) is 26.6 Å². The van der Waals surface area contributed by atoms with Gasteiger partial charge in [0.25, 0.3) is 17.4 Å². The van der Waals surface area contributed by atoms with E-state index in [0.29, 0.717) is 9.84 Å². The van der Waals surface area contributed by atoms with Crippen molar-refractivity contribution in [3.63, 3.8) is 0 Å². The van der Waals surface area contributed by atoms with Gasteiger partial charge in [0.05, 0.1) is 0 Å². The monoisotopic (exact) mass is 318 g/mol. The average molecular weight is 318 g/mol. The predicted molar refractivity (Wildman–Crippen MR) is 79.2 cm³/mol. The van der Waals surface area contributed by atoms with Crippen molar-refractivity contribution in [2.24, 2.45) is 0 Å². The fraction of sp³-hybridized carbons (Fsp3) is 0.500. The molecule has 2 aromatic rings. The summed E-state index contributed by atoms with van der Waals surface area (Å²) >= 11 is 1.07. The van der Waals surface area contributed by atoms with Gasteiger partial charge in [0.1, 0.15) is 10.6 Å². The molecule has 7 nitrogen and oxygen atoms in total. The Balaban J connectivity index is 1.84. The minimum atomic E-state index is -0.427. The fourth-order valence-corrected chi connectivity index (χ4v) is 4.20. The summed E-state index contributed by atoms with van der Waals surface area (Å²) in [5, 5.41) is 4.12. The Morgan fingerprint density at radius 3 is 2.55 bits per heavy atom. The molecule has 22 heavy (non-hydrogen) atoms. The summed E-state index contributed by atoms with van der Waals surface area (Å²) in [6.07, 6.45) is 4.97. The van der Waals surface area contributed by atoms with Crippen molar-refractivity contribution >= 4 is 28.1 Å². The van der Waals surface area contributed by atoms with E-state index >= 15 is 0 Å². The highest BCUT2D eigenvalue weighted by Crippen LogP contribution is 2.34. The maximum Gasteiger partial charge on any atom is 0.295 e. The van der Waals surface area contributed by atoms with Crippen LogP contribution in [0.15, 0.2) is 4.79 Å². The molecular weight excluding hydrogens is 304 g/mol. The van der Waals surface area contributed by atoms with Gasteiger partial charge >= 0.3 is 0 Å². The molecule has 1 aliphatic carbocycles. The number of hydrogen-bond acceptors (Lipinski definition) is 6. The highest BCUT2D eigenvalue weighted by atomic mass is 32.1. The maximum absolute atomic E-state index is 12.7. The molecule has 0 saturated heterocycles. The zero-order valence-corrected chi connectivity index (χ0v) is 12.9. The minimum absolute atomic E-state index is 0.0168. The number of nitrogens with zero attached hydrogens (tertiary/aromatic N) is 4. The van der Waals surface area contributed by atoms with Crippen LogP contribution in [0.1, 0.15) is 58.0 Å². The highest BCUT2D eigenvalue weighted by molar-refractivity contribution is 7.19. The molecule has 2 aromatic heterocycles. The van der Waals surface area contributed by atoms with Gasteiger partial charge in [-0.3, -0.25) is 19.3 Å². The number of hydrogen-bond donors (Lipinski definition) is 0. The first-order valence-electron chi connectivity index (χ1n) is 7.36. The lowest BCUT2D eigenvalue weighted by molar-refractivity contribution is 0.0547. The topological polar surface area (TPSA) is 84.6 Å². The number of carbonyl (C=O) groups is 2. The van der Waals surface area contributed by atoms with Gasteiger partial charge in [-0.15, -0.1) is 0 Å². The Labute approximate surface area is 129 Å². The van der Waals surface area contributed by atoms with E-state index in [9.17, 15) is 14.4 Å². The third kappa shape index (κ3) is 1.76. The van der Waals surface area contributed by atoms with Gasteiger partial charge in [0, 0.05) is 6.04 Å². The number of imide groups is 1. The molecule has 1 saturated carbocycles. The number of rotatable bonds is 1. The molecule has 1 fully saturated rings. The van der Waals surface area contributed by atoms with Gasteiger partial charge in [0.2, 0.25) is 4.96 Å². The Bertz CT molecular complexity index is 863. The molecule has 0 unspecified atom stereocenters. The molecule has 1 aliphatic heterocycles. The highest BCUT2D eigenvalue weighted by Gasteiger charge is 2.44. The van der Waals surface area contributed by atoms with Crippen LogP contribution in [0.5, 0.6) is 0 Å². The van der Waals surface area contributed by atoms with Crippen molar-refractivity contribution in [2.75, 3.05) is 0 Å². The van der Waals surface area contributed by atoms with Gasteiger partial charge < -0.3 is 0 Å². The molecule has 2 amide bonds. The van der Waals surface area contributed by atoms with Crippen LogP contribution < -0.4 is 5.56 Å². The lowest BCUT2D eigenvalue weighted by Crippen LogP contribution is -2.41. The minimum Gasteiger partial charge on any atom is -0.269 e. The Kier molecular flexibility index (Phi) is 2.90. The molecule has 0 radical (unpaired) electrons. The van der Waals surface area contributed by atoms with Crippen LogP contribution in [0.4, 0.5) is 0 Å². The van der Waals surface area contributed by atoms with E-state index in [2.05, 4.69) is 10.1 Å². The lowest BCUT2D eigenvalue weighted by Gasteiger charge is -2.29. The Morgan fingerprint density at radius 2 is 1.82 bits per heavy atom. The molecule has 4 rings (SSSR count). The zero-order chi connectivity index (χ0) is 15.4. The number of amides is 2. The summed E-state index contributed by atoms with van der Waals surface area (Å²) in [5.41, 5.74) is 0.0459. The number of thiazole rings is 1. The second-order valence-corrected chi connectivity index (χ2v) is 6.73. The summed E-state index contributed by atoms with van der Waals surface area (Å²) in [4.78, 5) is 42.8. The standard InChI is InChI=1S/C14H14N4O3S/c1-7-11(19)15-14-18(16-7)9-10(22-14)13(21)17(12(9)20)8-5-3-2-4-6-8/h8H,2-6H2,1H3. The molecule has 2 aliphatic rings. The van der Waals surface area contributed by atoms with Crippen molar-refractivity contribution in [1.82, 2.24) is 19.5 Å². The summed E-state index contributed by atoms with van der Waals surface area (Å²) in [7, 11) is 0. The number of carbonyl (C=O) groups excluding carboxylic acids is 2. The van der Waals surface area contributed by atoms with E-state index in [-0.39, 0.29) is 29.2 Å². The van der Waals surface area contributed by atoms with Gasteiger partial charge in [-0.05, 0) is 19.8 Å². The molecule has 0 N–H and O–H groups in total. The van der Waals surface area contributed by atoms with Gasteiger partial charge in [0.15, 0.2) is 5.69 Å². The normalized spacial score (nSPS) is 19.2. The lowest BCUT2D eigenvalue weighted by atomic mass is 9.94. The summed E-state index contributed by atoms with van der Waals surface area (Å²) in [6, 6.07) is -0.0168. The van der Waals surface area contributed by atoms with Crippen LogP contribution in [0.25, 0.3) is 4.96 Å². The van der Waals surface area contributed by atoms with E-state index in [1.54, 1.807) is 6.92 Å². The number of aryl methyl sites for hydroxylation is 1. The van der Waals surface area contributed by atoms with E-state index < -0.39 is 5.56 Å². The van der Waals surface area contributed by atoms with Crippen LogP contribution in [0.2, 0.25) is 0 Å². The zero-order valence-electron chi connectivity index (χ0n) is 12.0. The Hall–Kier alpha value is -2.09. The van der Waals surface area contributed by atoms with Gasteiger partial charge in [-0.1, -0.05) is 30.6 Å². The van der Waals surface area contributed by atoms with Gasteiger partial charge in [-0.2, -0.15) is 14.6 Å². The van der Waals surface area contributed by atoms with E-state index in [4.69, 9.17) is 0 Å². The predicted octanol–water partition coefficient (Wildman–Crippen LogP) is 1.39. The summed E-state index contributed by atoms with van der Waals surface area (Å²) in [6.45, 7) is 1.55. The van der Waals surface area contributed by atoms with E-state index in [0.717, 1.165) is 43.4 Å². The van der Waals surface area contributed by atoms with Crippen LogP contribution in [-0.2, 0) is 0 Å². The number of aromatic nitrogens is 3.